The molecular formula is C27H27NO5. The molecule has 0 radical (unpaired) electrons. The summed E-state index contributed by atoms with van der Waals surface area (Å²) in [6.07, 6.45) is 1.12. The first kappa shape index (κ1) is 23.8. The zero-order valence-electron chi connectivity index (χ0n) is 18.3. The SMILES string of the molecule is CNCC(c1ccccc1)C1(c2ccccc2)COc2ccccc21.O=C(O)C=CC(=O)O. The standard InChI is InChI=1S/C23H23NO.C4H4O4/c1-24-16-21(18-10-4-2-5-11-18)23(19-12-6-3-7-13-19)17-25-22-15-9-8-14-20(22)23;5-3(6)1-2-4(7)8/h2-15,21,24H,16-17H2,1H3;1-2H,(H,5,6)(H,7,8). The summed E-state index contributed by atoms with van der Waals surface area (Å²) in [6.45, 7) is 1.55. The number of para-hydroxylation sites is 1. The van der Waals surface area contributed by atoms with Gasteiger partial charge in [-0.2, -0.15) is 0 Å². The van der Waals surface area contributed by atoms with Crippen LogP contribution in [-0.2, 0) is 15.0 Å². The smallest absolute Gasteiger partial charge is 0.328 e. The number of fused-ring (bicyclic) bond motifs is 1. The molecule has 0 saturated heterocycles. The molecule has 0 aliphatic carbocycles. The van der Waals surface area contributed by atoms with Gasteiger partial charge in [-0.05, 0) is 24.2 Å². The molecule has 2 unspecified atom stereocenters. The summed E-state index contributed by atoms with van der Waals surface area (Å²) >= 11 is 0. The molecule has 0 amide bonds. The molecule has 170 valence electrons. The van der Waals surface area contributed by atoms with E-state index >= 15 is 0 Å². The van der Waals surface area contributed by atoms with Gasteiger partial charge in [-0.25, -0.2) is 9.59 Å². The summed E-state index contributed by atoms with van der Waals surface area (Å²) < 4.78 is 6.19. The third-order valence-electron chi connectivity index (χ3n) is 5.69. The van der Waals surface area contributed by atoms with E-state index in [2.05, 4.69) is 90.2 Å². The van der Waals surface area contributed by atoms with E-state index in [1.54, 1.807) is 0 Å². The van der Waals surface area contributed by atoms with Gasteiger partial charge in [0.05, 0.1) is 5.41 Å². The fourth-order valence-corrected chi connectivity index (χ4v) is 4.30. The Kier molecular flexibility index (Phi) is 8.00. The van der Waals surface area contributed by atoms with Crippen molar-refractivity contribution in [2.75, 3.05) is 20.2 Å². The lowest BCUT2D eigenvalue weighted by Crippen LogP contribution is -2.41. The van der Waals surface area contributed by atoms with Crippen LogP contribution in [0.4, 0.5) is 0 Å². The van der Waals surface area contributed by atoms with Crippen LogP contribution < -0.4 is 10.1 Å². The molecule has 4 rings (SSSR count). The minimum atomic E-state index is -1.26. The Labute approximate surface area is 193 Å². The molecule has 0 spiro atoms. The predicted octanol–water partition coefficient (Wildman–Crippen LogP) is 4.08. The topological polar surface area (TPSA) is 95.9 Å². The lowest BCUT2D eigenvalue weighted by Gasteiger charge is -2.38. The first-order valence-electron chi connectivity index (χ1n) is 10.6. The second-order valence-corrected chi connectivity index (χ2v) is 7.65. The highest BCUT2D eigenvalue weighted by Crippen LogP contribution is 2.51. The zero-order chi connectivity index (χ0) is 23.7. The highest BCUT2D eigenvalue weighted by atomic mass is 16.5. The Morgan fingerprint density at radius 1 is 0.909 bits per heavy atom. The normalized spacial score (nSPS) is 17.4. The summed E-state index contributed by atoms with van der Waals surface area (Å²) in [5.41, 5.74) is 3.73. The van der Waals surface area contributed by atoms with Crippen LogP contribution in [0.3, 0.4) is 0 Å². The number of nitrogens with one attached hydrogen (secondary N) is 1. The number of ether oxygens (including phenoxy) is 1. The lowest BCUT2D eigenvalue weighted by molar-refractivity contribution is -0.134. The summed E-state index contributed by atoms with van der Waals surface area (Å²) in [6, 6.07) is 30.1. The molecule has 0 fully saturated rings. The summed E-state index contributed by atoms with van der Waals surface area (Å²) in [5, 5.41) is 19.0. The number of hydrogen-bond acceptors (Lipinski definition) is 4. The first-order valence-corrected chi connectivity index (χ1v) is 10.6. The minimum absolute atomic E-state index is 0.192. The Morgan fingerprint density at radius 3 is 2.03 bits per heavy atom. The van der Waals surface area contributed by atoms with E-state index in [1.165, 1.54) is 16.7 Å². The Morgan fingerprint density at radius 2 is 1.45 bits per heavy atom. The van der Waals surface area contributed by atoms with Crippen molar-refractivity contribution in [1.82, 2.24) is 5.32 Å². The van der Waals surface area contributed by atoms with Gasteiger partial charge in [-0.3, -0.25) is 0 Å². The van der Waals surface area contributed by atoms with Gasteiger partial charge in [0, 0.05) is 30.2 Å². The predicted molar refractivity (Wildman–Crippen MR) is 127 cm³/mol. The summed E-state index contributed by atoms with van der Waals surface area (Å²) in [7, 11) is 2.02. The maximum absolute atomic E-state index is 9.55. The quantitative estimate of drug-likeness (QED) is 0.475. The maximum Gasteiger partial charge on any atom is 0.328 e. The van der Waals surface area contributed by atoms with E-state index in [1.807, 2.05) is 7.05 Å². The fourth-order valence-electron chi connectivity index (χ4n) is 4.30. The molecule has 0 saturated carbocycles. The van der Waals surface area contributed by atoms with Crippen LogP contribution in [0.15, 0.2) is 97.1 Å². The van der Waals surface area contributed by atoms with Gasteiger partial charge in [-0.1, -0.05) is 78.9 Å². The highest BCUT2D eigenvalue weighted by Gasteiger charge is 2.48. The molecule has 1 heterocycles. The Bertz CT molecular complexity index is 1080. The van der Waals surface area contributed by atoms with Crippen molar-refractivity contribution in [2.45, 2.75) is 11.3 Å². The molecule has 1 aliphatic heterocycles. The van der Waals surface area contributed by atoms with Crippen molar-refractivity contribution in [3.63, 3.8) is 0 Å². The van der Waals surface area contributed by atoms with Gasteiger partial charge in [0.2, 0.25) is 0 Å². The third-order valence-corrected chi connectivity index (χ3v) is 5.69. The minimum Gasteiger partial charge on any atom is -0.492 e. The van der Waals surface area contributed by atoms with Gasteiger partial charge in [0.15, 0.2) is 0 Å². The van der Waals surface area contributed by atoms with Crippen molar-refractivity contribution in [3.05, 3.63) is 114 Å². The van der Waals surface area contributed by atoms with Crippen molar-refractivity contribution in [3.8, 4) is 5.75 Å². The summed E-state index contributed by atoms with van der Waals surface area (Å²) in [5.74, 6) is -1.23. The second-order valence-electron chi connectivity index (χ2n) is 7.65. The maximum atomic E-state index is 9.55. The van der Waals surface area contributed by atoms with Crippen molar-refractivity contribution in [2.24, 2.45) is 0 Å². The number of carbonyl (C=O) groups is 2. The van der Waals surface area contributed by atoms with Crippen molar-refractivity contribution < 1.29 is 24.5 Å². The highest BCUT2D eigenvalue weighted by molar-refractivity contribution is 5.89. The van der Waals surface area contributed by atoms with Gasteiger partial charge >= 0.3 is 11.9 Å². The fraction of sp³-hybridized carbons (Fsp3) is 0.185. The van der Waals surface area contributed by atoms with Crippen LogP contribution in [0.2, 0.25) is 0 Å². The molecule has 6 nitrogen and oxygen atoms in total. The molecule has 3 N–H and O–H groups in total. The Hall–Kier alpha value is -3.90. The molecule has 3 aromatic rings. The lowest BCUT2D eigenvalue weighted by atomic mass is 9.64. The molecular weight excluding hydrogens is 418 g/mol. The Balaban J connectivity index is 0.000000331. The molecule has 0 bridgehead atoms. The van der Waals surface area contributed by atoms with Gasteiger partial charge in [0.1, 0.15) is 12.4 Å². The molecule has 33 heavy (non-hydrogen) atoms. The van der Waals surface area contributed by atoms with Crippen molar-refractivity contribution in [1.29, 1.82) is 0 Å². The molecule has 3 aromatic carbocycles. The molecule has 1 aliphatic rings. The number of carboxylic acid groups (broad SMARTS) is 2. The van der Waals surface area contributed by atoms with E-state index in [9.17, 15) is 9.59 Å². The van der Waals surface area contributed by atoms with Crippen LogP contribution in [-0.4, -0.2) is 42.4 Å². The summed E-state index contributed by atoms with van der Waals surface area (Å²) in [4.78, 5) is 19.1. The number of carboxylic acids is 2. The van der Waals surface area contributed by atoms with Crippen molar-refractivity contribution >= 4 is 11.9 Å². The van der Waals surface area contributed by atoms with Gasteiger partial charge < -0.3 is 20.3 Å². The van der Waals surface area contributed by atoms with Gasteiger partial charge in [-0.15, -0.1) is 0 Å². The number of rotatable bonds is 7. The first-order chi connectivity index (χ1) is 16.0. The van der Waals surface area contributed by atoms with Crippen LogP contribution in [0.25, 0.3) is 0 Å². The van der Waals surface area contributed by atoms with Gasteiger partial charge in [0.25, 0.3) is 0 Å². The molecule has 2 atom stereocenters. The average Bonchev–Trinajstić information content (AvgIpc) is 3.23. The molecule has 0 aromatic heterocycles. The second kappa shape index (κ2) is 11.1. The third kappa shape index (κ3) is 5.48. The zero-order valence-corrected chi connectivity index (χ0v) is 18.3. The number of benzene rings is 3. The van der Waals surface area contributed by atoms with E-state index in [0.29, 0.717) is 18.8 Å². The van der Waals surface area contributed by atoms with Crippen LogP contribution >= 0.6 is 0 Å². The van der Waals surface area contributed by atoms with Crippen LogP contribution in [0.1, 0.15) is 22.6 Å². The number of hydrogen-bond donors (Lipinski definition) is 3. The number of likely N-dealkylation sites (N-methyl/N-ethyl adjacent to an activating group) is 1. The van der Waals surface area contributed by atoms with Crippen LogP contribution in [0.5, 0.6) is 5.75 Å². The van der Waals surface area contributed by atoms with E-state index in [4.69, 9.17) is 14.9 Å². The van der Waals surface area contributed by atoms with Crippen LogP contribution in [0, 0.1) is 0 Å². The monoisotopic (exact) mass is 445 g/mol. The van der Waals surface area contributed by atoms with E-state index in [0.717, 1.165) is 12.3 Å². The molecule has 6 heteroatoms. The van der Waals surface area contributed by atoms with E-state index in [-0.39, 0.29) is 11.3 Å². The largest absolute Gasteiger partial charge is 0.492 e. The van der Waals surface area contributed by atoms with E-state index < -0.39 is 11.9 Å². The number of aliphatic carboxylic acids is 2. The average molecular weight is 446 g/mol.